The molecule has 0 amide bonds. The van der Waals surface area contributed by atoms with Crippen molar-refractivity contribution in [1.29, 1.82) is 5.26 Å². The van der Waals surface area contributed by atoms with Gasteiger partial charge in [-0.2, -0.15) is 5.26 Å². The number of allylic oxidation sites excluding steroid dienone is 5. The van der Waals surface area contributed by atoms with Gasteiger partial charge >= 0.3 is 5.97 Å². The van der Waals surface area contributed by atoms with E-state index in [9.17, 15) is 10.1 Å². The number of hydrogen-bond donors (Lipinski definition) is 1. The second kappa shape index (κ2) is 5.72. The van der Waals surface area contributed by atoms with Gasteiger partial charge in [0, 0.05) is 5.92 Å². The Morgan fingerprint density at radius 3 is 2.83 bits per heavy atom. The second-order valence-corrected chi connectivity index (χ2v) is 6.44. The molecule has 2 aliphatic heterocycles. The van der Waals surface area contributed by atoms with E-state index in [0.717, 1.165) is 19.3 Å². The molecule has 0 fully saturated rings. The molecule has 0 saturated carbocycles. The minimum Gasteiger partial charge on any atom is -0.454 e. The van der Waals surface area contributed by atoms with Crippen molar-refractivity contribution in [3.8, 4) is 6.07 Å². The third kappa shape index (κ3) is 2.18. The first-order valence-corrected chi connectivity index (χ1v) is 8.25. The largest absolute Gasteiger partial charge is 0.454 e. The fraction of sp³-hybridized carbons (Fsp3) is 0.368. The Hall–Kier alpha value is -2.74. The number of ether oxygens (including phenoxy) is 2. The summed E-state index contributed by atoms with van der Waals surface area (Å²) >= 11 is 0. The predicted molar refractivity (Wildman–Crippen MR) is 86.6 cm³/mol. The lowest BCUT2D eigenvalue weighted by atomic mass is 9.72. The summed E-state index contributed by atoms with van der Waals surface area (Å²) in [6, 6.07) is 2.15. The minimum atomic E-state index is -0.407. The van der Waals surface area contributed by atoms with Crippen LogP contribution in [0.5, 0.6) is 0 Å². The topological polar surface area (TPSA) is 85.3 Å². The fourth-order valence-corrected chi connectivity index (χ4v) is 3.95. The van der Waals surface area contributed by atoms with Crippen molar-refractivity contribution in [1.82, 2.24) is 0 Å². The summed E-state index contributed by atoms with van der Waals surface area (Å²) in [4.78, 5) is 12.7. The molecule has 5 nitrogen and oxygen atoms in total. The first-order chi connectivity index (χ1) is 11.7. The Balaban J connectivity index is 1.84. The number of esters is 1. The van der Waals surface area contributed by atoms with Crippen LogP contribution in [-0.4, -0.2) is 12.1 Å². The summed E-state index contributed by atoms with van der Waals surface area (Å²) in [6.07, 6.45) is 14.3. The summed E-state index contributed by atoms with van der Waals surface area (Å²) < 4.78 is 11.4. The van der Waals surface area contributed by atoms with Crippen LogP contribution in [-0.2, 0) is 14.3 Å². The van der Waals surface area contributed by atoms with Gasteiger partial charge in [-0.1, -0.05) is 30.4 Å². The molecule has 24 heavy (non-hydrogen) atoms. The maximum absolute atomic E-state index is 12.7. The zero-order valence-electron chi connectivity index (χ0n) is 13.1. The Labute approximate surface area is 140 Å². The molecule has 0 radical (unpaired) electrons. The molecule has 122 valence electrons. The van der Waals surface area contributed by atoms with Gasteiger partial charge in [0.2, 0.25) is 5.88 Å². The number of carbonyl (C=O) groups is 1. The number of nitriles is 1. The Bertz CT molecular complexity index is 779. The molecule has 2 N–H and O–H groups in total. The molecule has 2 aliphatic carbocycles. The molecule has 0 saturated heterocycles. The van der Waals surface area contributed by atoms with Crippen LogP contribution in [0.3, 0.4) is 0 Å². The Morgan fingerprint density at radius 2 is 2.08 bits per heavy atom. The highest BCUT2D eigenvalue weighted by molar-refractivity contribution is 5.92. The summed E-state index contributed by atoms with van der Waals surface area (Å²) in [6.45, 7) is 0. The lowest BCUT2D eigenvalue weighted by Crippen LogP contribution is -2.41. The van der Waals surface area contributed by atoms with Crippen LogP contribution < -0.4 is 5.73 Å². The number of carbonyl (C=O) groups excluding carboxylic acids is 1. The molecule has 0 aromatic carbocycles. The number of fused-ring (bicyclic) bond motifs is 2. The first-order valence-electron chi connectivity index (χ1n) is 8.25. The van der Waals surface area contributed by atoms with Gasteiger partial charge in [0.25, 0.3) is 0 Å². The van der Waals surface area contributed by atoms with E-state index < -0.39 is 5.97 Å². The van der Waals surface area contributed by atoms with Gasteiger partial charge in [0.1, 0.15) is 17.9 Å². The molecule has 0 unspecified atom stereocenters. The van der Waals surface area contributed by atoms with Crippen molar-refractivity contribution in [2.75, 3.05) is 0 Å². The zero-order valence-corrected chi connectivity index (χ0v) is 13.1. The van der Waals surface area contributed by atoms with E-state index in [-0.39, 0.29) is 29.7 Å². The fourth-order valence-electron chi connectivity index (χ4n) is 3.95. The van der Waals surface area contributed by atoms with Crippen molar-refractivity contribution < 1.29 is 14.3 Å². The number of nitrogens with two attached hydrogens (primary N) is 1. The molecule has 0 aromatic rings. The van der Waals surface area contributed by atoms with E-state index in [4.69, 9.17) is 15.2 Å². The van der Waals surface area contributed by atoms with E-state index in [1.807, 2.05) is 24.3 Å². The van der Waals surface area contributed by atoms with Crippen LogP contribution in [0, 0.1) is 29.1 Å². The minimum absolute atomic E-state index is 0.0630. The Morgan fingerprint density at radius 1 is 1.25 bits per heavy atom. The molecular weight excluding hydrogens is 304 g/mol. The third-order valence-corrected chi connectivity index (χ3v) is 5.06. The van der Waals surface area contributed by atoms with Crippen molar-refractivity contribution in [2.45, 2.75) is 25.4 Å². The number of nitrogens with zero attached hydrogens (tertiary/aromatic N) is 1. The van der Waals surface area contributed by atoms with Gasteiger partial charge in [-0.05, 0) is 31.3 Å². The van der Waals surface area contributed by atoms with Crippen molar-refractivity contribution >= 4 is 5.97 Å². The predicted octanol–water partition coefficient (Wildman–Crippen LogP) is 2.60. The van der Waals surface area contributed by atoms with Crippen molar-refractivity contribution in [3.05, 3.63) is 59.2 Å². The summed E-state index contributed by atoms with van der Waals surface area (Å²) in [5, 5.41) is 9.58. The zero-order chi connectivity index (χ0) is 16.7. The van der Waals surface area contributed by atoms with E-state index in [2.05, 4.69) is 18.2 Å². The quantitative estimate of drug-likeness (QED) is 0.592. The molecule has 0 bridgehead atoms. The van der Waals surface area contributed by atoms with E-state index in [0.29, 0.717) is 16.9 Å². The maximum Gasteiger partial charge on any atom is 0.338 e. The summed E-state index contributed by atoms with van der Waals surface area (Å²) in [5.74, 6) is -0.267. The lowest BCUT2D eigenvalue weighted by Gasteiger charge is -2.39. The average molecular weight is 322 g/mol. The van der Waals surface area contributed by atoms with E-state index in [1.165, 1.54) is 0 Å². The molecule has 4 aliphatic rings. The molecule has 0 spiro atoms. The molecule has 4 atom stereocenters. The van der Waals surface area contributed by atoms with Gasteiger partial charge in [0.15, 0.2) is 0 Å². The molecule has 0 aromatic heterocycles. The van der Waals surface area contributed by atoms with Crippen LogP contribution >= 0.6 is 0 Å². The second-order valence-electron chi connectivity index (χ2n) is 6.44. The van der Waals surface area contributed by atoms with Crippen LogP contribution in [0.15, 0.2) is 59.2 Å². The standard InChI is InChI=1S/C19H18N2O3/c20-10-13-15(11-6-2-1-3-7-11)16-17(24-18(13)21)12-8-4-5-9-14(12)23-19(16)22/h2,4-6,8-9,11-12,14-15H,1,3,7,21H2/t11-,12+,14+,15-/m1/s1. The SMILES string of the molecule is N#CC1=C(N)OC2=C(C(=O)O[C@H]3C=CC=C[C@H]23)[C@@H]1[C@@H]1C=CCCC1. The van der Waals surface area contributed by atoms with Crippen LogP contribution in [0.4, 0.5) is 0 Å². The molecule has 2 heterocycles. The van der Waals surface area contributed by atoms with Gasteiger partial charge in [-0.25, -0.2) is 4.79 Å². The van der Waals surface area contributed by atoms with Gasteiger partial charge in [0.05, 0.1) is 17.1 Å². The normalized spacial score (nSPS) is 34.2. The van der Waals surface area contributed by atoms with E-state index in [1.54, 1.807) is 0 Å². The highest BCUT2D eigenvalue weighted by Gasteiger charge is 2.47. The highest BCUT2D eigenvalue weighted by Crippen LogP contribution is 2.46. The summed E-state index contributed by atoms with van der Waals surface area (Å²) in [7, 11) is 0. The highest BCUT2D eigenvalue weighted by atomic mass is 16.6. The van der Waals surface area contributed by atoms with Gasteiger partial charge in [-0.3, -0.25) is 0 Å². The van der Waals surface area contributed by atoms with Gasteiger partial charge < -0.3 is 15.2 Å². The maximum atomic E-state index is 12.7. The van der Waals surface area contributed by atoms with E-state index >= 15 is 0 Å². The van der Waals surface area contributed by atoms with Gasteiger partial charge in [-0.15, -0.1) is 0 Å². The smallest absolute Gasteiger partial charge is 0.338 e. The van der Waals surface area contributed by atoms with Crippen LogP contribution in [0.25, 0.3) is 0 Å². The Kier molecular flexibility index (Phi) is 3.53. The van der Waals surface area contributed by atoms with Crippen molar-refractivity contribution in [2.24, 2.45) is 23.5 Å². The number of hydrogen-bond acceptors (Lipinski definition) is 5. The first kappa shape index (κ1) is 14.8. The average Bonchev–Trinajstić information content (AvgIpc) is 2.61. The van der Waals surface area contributed by atoms with Crippen molar-refractivity contribution in [3.63, 3.8) is 0 Å². The van der Waals surface area contributed by atoms with Crippen LogP contribution in [0.2, 0.25) is 0 Å². The molecule has 5 heteroatoms. The third-order valence-electron chi connectivity index (χ3n) is 5.06. The molecule has 4 rings (SSSR count). The van der Waals surface area contributed by atoms with Crippen LogP contribution in [0.1, 0.15) is 19.3 Å². The lowest BCUT2D eigenvalue weighted by molar-refractivity contribution is -0.147. The summed E-state index contributed by atoms with van der Waals surface area (Å²) in [5.41, 5.74) is 6.83. The molecular formula is C19H18N2O3. The monoisotopic (exact) mass is 322 g/mol. The number of rotatable bonds is 1.